The molecule has 0 aromatic heterocycles. The number of nitrogens with zero attached hydrogens (tertiary/aromatic N) is 2. The van der Waals surface area contributed by atoms with Gasteiger partial charge in [0.2, 0.25) is 5.91 Å². The number of hydrogen-bond donors (Lipinski definition) is 2. The molecule has 7 heteroatoms. The molecule has 32 heavy (non-hydrogen) atoms. The summed E-state index contributed by atoms with van der Waals surface area (Å²) in [7, 11) is 1.79. The molecule has 174 valence electrons. The standard InChI is InChI=1S/C25H33ClN4O.HI/c1-25(2,15-21-6-4-7-22(26)14-21)18-29-24(27-3)28-16-19-9-11-20(12-10-19)17-30-13-5-8-23(30)31;/h4,6-7,9-12,14H,5,8,13,15-18H2,1-3H3,(H2,27,28,29);1H. The number of aliphatic imine (C=N–C) groups is 1. The zero-order chi connectivity index (χ0) is 22.3. The summed E-state index contributed by atoms with van der Waals surface area (Å²) < 4.78 is 0. The first-order chi connectivity index (χ1) is 14.8. The van der Waals surface area contributed by atoms with Gasteiger partial charge in [0.1, 0.15) is 0 Å². The van der Waals surface area contributed by atoms with Crippen LogP contribution in [0, 0.1) is 5.41 Å². The number of likely N-dealkylation sites (tertiary alicyclic amines) is 1. The monoisotopic (exact) mass is 568 g/mol. The van der Waals surface area contributed by atoms with E-state index in [1.807, 2.05) is 23.1 Å². The Kier molecular flexibility index (Phi) is 10.3. The Morgan fingerprint density at radius 2 is 1.81 bits per heavy atom. The smallest absolute Gasteiger partial charge is 0.222 e. The van der Waals surface area contributed by atoms with Gasteiger partial charge in [0.25, 0.3) is 0 Å². The lowest BCUT2D eigenvalue weighted by Gasteiger charge is -2.26. The zero-order valence-electron chi connectivity index (χ0n) is 19.2. The van der Waals surface area contributed by atoms with Crippen molar-refractivity contribution in [3.05, 3.63) is 70.2 Å². The number of rotatable bonds is 8. The highest BCUT2D eigenvalue weighted by molar-refractivity contribution is 14.0. The molecule has 1 aliphatic rings. The van der Waals surface area contributed by atoms with E-state index in [9.17, 15) is 4.79 Å². The van der Waals surface area contributed by atoms with Gasteiger partial charge >= 0.3 is 0 Å². The van der Waals surface area contributed by atoms with Gasteiger partial charge in [-0.15, -0.1) is 24.0 Å². The van der Waals surface area contributed by atoms with Gasteiger partial charge in [-0.25, -0.2) is 0 Å². The third-order valence-electron chi connectivity index (χ3n) is 5.56. The molecule has 0 saturated carbocycles. The third kappa shape index (κ3) is 8.28. The van der Waals surface area contributed by atoms with Gasteiger partial charge in [0.15, 0.2) is 5.96 Å². The lowest BCUT2D eigenvalue weighted by atomic mass is 9.86. The van der Waals surface area contributed by atoms with Crippen LogP contribution < -0.4 is 10.6 Å². The minimum atomic E-state index is 0. The predicted octanol–water partition coefficient (Wildman–Crippen LogP) is 5.01. The normalized spacial score (nSPS) is 14.3. The van der Waals surface area contributed by atoms with E-state index in [1.165, 1.54) is 16.7 Å². The highest BCUT2D eigenvalue weighted by atomic mass is 127. The van der Waals surface area contributed by atoms with Crippen LogP contribution in [0.4, 0.5) is 0 Å². The van der Waals surface area contributed by atoms with Crippen LogP contribution in [0.5, 0.6) is 0 Å². The molecule has 2 N–H and O–H groups in total. The third-order valence-corrected chi connectivity index (χ3v) is 5.79. The Morgan fingerprint density at radius 1 is 1.09 bits per heavy atom. The molecule has 1 amide bonds. The maximum atomic E-state index is 11.8. The number of carbonyl (C=O) groups is 1. The quantitative estimate of drug-likeness (QED) is 0.267. The Bertz CT molecular complexity index is 914. The van der Waals surface area contributed by atoms with Crippen LogP contribution in [0.3, 0.4) is 0 Å². The van der Waals surface area contributed by atoms with E-state index in [0.29, 0.717) is 19.5 Å². The molecule has 3 rings (SSSR count). The average molecular weight is 569 g/mol. The minimum absolute atomic E-state index is 0. The molecule has 0 spiro atoms. The van der Waals surface area contributed by atoms with Crippen LogP contribution in [0.25, 0.3) is 0 Å². The van der Waals surface area contributed by atoms with Gasteiger partial charge in [-0.05, 0) is 47.1 Å². The molecule has 2 aromatic rings. The van der Waals surface area contributed by atoms with Crippen molar-refractivity contribution in [2.24, 2.45) is 10.4 Å². The number of hydrogen-bond acceptors (Lipinski definition) is 2. The van der Waals surface area contributed by atoms with Crippen LogP contribution in [0.15, 0.2) is 53.5 Å². The van der Waals surface area contributed by atoms with E-state index in [-0.39, 0.29) is 35.3 Å². The summed E-state index contributed by atoms with van der Waals surface area (Å²) in [6.45, 7) is 7.53. The predicted molar refractivity (Wildman–Crippen MR) is 144 cm³/mol. The summed E-state index contributed by atoms with van der Waals surface area (Å²) in [5.41, 5.74) is 3.64. The first-order valence-corrected chi connectivity index (χ1v) is 11.3. The first-order valence-electron chi connectivity index (χ1n) is 10.9. The second-order valence-corrected chi connectivity index (χ2v) is 9.42. The van der Waals surface area contributed by atoms with E-state index < -0.39 is 0 Å². The van der Waals surface area contributed by atoms with Gasteiger partial charge < -0.3 is 15.5 Å². The molecule has 2 aromatic carbocycles. The molecule has 1 saturated heterocycles. The van der Waals surface area contributed by atoms with Gasteiger partial charge in [-0.2, -0.15) is 0 Å². The molecule has 0 atom stereocenters. The van der Waals surface area contributed by atoms with E-state index >= 15 is 0 Å². The zero-order valence-corrected chi connectivity index (χ0v) is 22.2. The van der Waals surface area contributed by atoms with Gasteiger partial charge in [0, 0.05) is 44.7 Å². The molecule has 0 unspecified atom stereocenters. The molecule has 1 heterocycles. The number of carbonyl (C=O) groups excluding carboxylic acids is 1. The van der Waals surface area contributed by atoms with Gasteiger partial charge in [0.05, 0.1) is 0 Å². The van der Waals surface area contributed by atoms with Crippen molar-refractivity contribution in [3.8, 4) is 0 Å². The molecular formula is C25H34ClIN4O. The fourth-order valence-corrected chi connectivity index (χ4v) is 4.06. The number of amides is 1. The molecule has 1 aliphatic heterocycles. The van der Waals surface area contributed by atoms with Crippen molar-refractivity contribution in [3.63, 3.8) is 0 Å². The summed E-state index contributed by atoms with van der Waals surface area (Å²) in [5.74, 6) is 1.05. The first kappa shape index (κ1) is 26.5. The Labute approximate surface area is 214 Å². The maximum Gasteiger partial charge on any atom is 0.222 e. The maximum absolute atomic E-state index is 11.8. The number of benzene rings is 2. The lowest BCUT2D eigenvalue weighted by Crippen LogP contribution is -2.42. The van der Waals surface area contributed by atoms with E-state index in [2.05, 4.69) is 59.8 Å². The summed E-state index contributed by atoms with van der Waals surface area (Å²) in [6.07, 6.45) is 2.59. The van der Waals surface area contributed by atoms with Crippen LogP contribution in [-0.4, -0.2) is 36.9 Å². The minimum Gasteiger partial charge on any atom is -0.356 e. The van der Waals surface area contributed by atoms with Crippen LogP contribution in [0.1, 0.15) is 43.4 Å². The fourth-order valence-electron chi connectivity index (χ4n) is 3.85. The van der Waals surface area contributed by atoms with E-state index in [1.54, 1.807) is 7.05 Å². The Hall–Kier alpha value is -1.80. The largest absolute Gasteiger partial charge is 0.356 e. The van der Waals surface area contributed by atoms with E-state index in [4.69, 9.17) is 11.6 Å². The van der Waals surface area contributed by atoms with Crippen molar-refractivity contribution in [1.29, 1.82) is 0 Å². The van der Waals surface area contributed by atoms with Crippen molar-refractivity contribution in [1.82, 2.24) is 15.5 Å². The van der Waals surface area contributed by atoms with Gasteiger partial charge in [-0.1, -0.05) is 61.8 Å². The highest BCUT2D eigenvalue weighted by Crippen LogP contribution is 2.22. The van der Waals surface area contributed by atoms with Crippen LogP contribution >= 0.6 is 35.6 Å². The molecule has 5 nitrogen and oxygen atoms in total. The fraction of sp³-hybridized carbons (Fsp3) is 0.440. The van der Waals surface area contributed by atoms with Crippen LogP contribution in [0.2, 0.25) is 5.02 Å². The molecule has 0 bridgehead atoms. The number of halogens is 2. The highest BCUT2D eigenvalue weighted by Gasteiger charge is 2.20. The molecule has 0 aliphatic carbocycles. The van der Waals surface area contributed by atoms with Crippen molar-refractivity contribution >= 4 is 47.4 Å². The summed E-state index contributed by atoms with van der Waals surface area (Å²) in [6, 6.07) is 16.5. The summed E-state index contributed by atoms with van der Waals surface area (Å²) >= 11 is 6.12. The summed E-state index contributed by atoms with van der Waals surface area (Å²) in [4.78, 5) is 18.1. The molecule has 0 radical (unpaired) electrons. The average Bonchev–Trinajstić information content (AvgIpc) is 3.13. The molecule has 1 fully saturated rings. The Balaban J connectivity index is 0.00000363. The summed E-state index contributed by atoms with van der Waals surface area (Å²) in [5, 5.41) is 7.60. The second kappa shape index (κ2) is 12.4. The lowest BCUT2D eigenvalue weighted by molar-refractivity contribution is -0.128. The second-order valence-electron chi connectivity index (χ2n) is 8.99. The van der Waals surface area contributed by atoms with Crippen molar-refractivity contribution in [2.45, 2.75) is 46.2 Å². The van der Waals surface area contributed by atoms with Crippen molar-refractivity contribution in [2.75, 3.05) is 20.1 Å². The number of nitrogens with one attached hydrogen (secondary N) is 2. The van der Waals surface area contributed by atoms with E-state index in [0.717, 1.165) is 36.9 Å². The number of guanidine groups is 1. The Morgan fingerprint density at radius 3 is 2.44 bits per heavy atom. The van der Waals surface area contributed by atoms with Crippen LogP contribution in [-0.2, 0) is 24.3 Å². The van der Waals surface area contributed by atoms with Crippen molar-refractivity contribution < 1.29 is 4.79 Å². The van der Waals surface area contributed by atoms with Gasteiger partial charge in [-0.3, -0.25) is 9.79 Å². The topological polar surface area (TPSA) is 56.7 Å². The molecular weight excluding hydrogens is 535 g/mol. The SMILES string of the molecule is CN=C(NCc1ccc(CN2CCCC2=O)cc1)NCC(C)(C)Cc1cccc(Cl)c1.I.